The minimum atomic E-state index is -1.04. The lowest BCUT2D eigenvalue weighted by molar-refractivity contribution is -0.136. The second-order valence-electron chi connectivity index (χ2n) is 2.24. The molecule has 1 rings (SSSR count). The summed E-state index contributed by atoms with van der Waals surface area (Å²) in [6.07, 6.45) is -0.383. The number of nitrogens with zero attached hydrogens (tertiary/aromatic N) is 1. The van der Waals surface area contributed by atoms with Crippen LogP contribution in [0.2, 0.25) is 0 Å². The average Bonchev–Trinajstić information content (AvgIpc) is 2.47. The zero-order valence-electron chi connectivity index (χ0n) is 6.44. The van der Waals surface area contributed by atoms with Crippen LogP contribution in [0.15, 0.2) is 4.42 Å². The van der Waals surface area contributed by atoms with Crippen LogP contribution in [0.1, 0.15) is 23.5 Å². The molecule has 7 heteroatoms. The number of Topliss-reactive ketones (excluding diaryl/α,β-unsaturated/α-hetero) is 1. The fraction of sp³-hybridized carbons (Fsp3) is 0.333. The highest BCUT2D eigenvalue weighted by Gasteiger charge is 2.13. The number of carboxylic acids is 1. The molecule has 2 N–H and O–H groups in total. The van der Waals surface area contributed by atoms with E-state index >= 15 is 0 Å². The van der Waals surface area contributed by atoms with E-state index < -0.39 is 11.8 Å². The first-order chi connectivity index (χ1) is 6.09. The molecule has 0 aliphatic heterocycles. The normalized spacial score (nSPS) is 9.85. The summed E-state index contributed by atoms with van der Waals surface area (Å²) in [4.78, 5) is 21.2. The Bertz CT molecular complexity index is 380. The Morgan fingerprint density at radius 1 is 1.54 bits per heavy atom. The van der Waals surface area contributed by atoms with E-state index in [0.717, 1.165) is 0 Å². The van der Waals surface area contributed by atoms with E-state index in [1.54, 1.807) is 0 Å². The number of H-pyrrole nitrogens is 1. The fourth-order valence-electron chi connectivity index (χ4n) is 0.677. The molecule has 6 nitrogen and oxygen atoms in total. The number of hydrogen-bond acceptors (Lipinski definition) is 5. The average molecular weight is 202 g/mol. The molecule has 0 radical (unpaired) electrons. The van der Waals surface area contributed by atoms with Crippen LogP contribution in [-0.4, -0.2) is 27.1 Å². The third kappa shape index (κ3) is 2.79. The fourth-order valence-corrected chi connectivity index (χ4v) is 0.801. The molecule has 0 aliphatic rings. The minimum absolute atomic E-state index is 0.00123. The summed E-state index contributed by atoms with van der Waals surface area (Å²) in [6, 6.07) is 0. The molecule has 0 atom stereocenters. The van der Waals surface area contributed by atoms with Crippen LogP contribution in [0.25, 0.3) is 0 Å². The van der Waals surface area contributed by atoms with Gasteiger partial charge in [-0.15, -0.1) is 5.10 Å². The molecule has 13 heavy (non-hydrogen) atoms. The molecular weight excluding hydrogens is 196 g/mol. The number of hydrogen-bond donors (Lipinski definition) is 2. The molecule has 70 valence electrons. The molecule has 1 aromatic rings. The first kappa shape index (κ1) is 9.59. The number of carboxylic acid groups (broad SMARTS) is 1. The SMILES string of the molecule is O=C(O)CCC(=O)c1n[nH]c(=S)o1. The minimum Gasteiger partial charge on any atom is -0.481 e. The van der Waals surface area contributed by atoms with Crippen molar-refractivity contribution >= 4 is 24.0 Å². The quantitative estimate of drug-likeness (QED) is 0.553. The van der Waals surface area contributed by atoms with Crippen LogP contribution < -0.4 is 0 Å². The topological polar surface area (TPSA) is 96.2 Å². The number of aliphatic carboxylic acids is 1. The highest BCUT2D eigenvalue weighted by Crippen LogP contribution is 2.01. The third-order valence-corrected chi connectivity index (χ3v) is 1.42. The van der Waals surface area contributed by atoms with E-state index in [1.165, 1.54) is 0 Å². The van der Waals surface area contributed by atoms with Gasteiger partial charge in [-0.2, -0.15) is 0 Å². The zero-order valence-corrected chi connectivity index (χ0v) is 7.26. The first-order valence-corrected chi connectivity index (χ1v) is 3.81. The van der Waals surface area contributed by atoms with Crippen molar-refractivity contribution in [1.82, 2.24) is 10.2 Å². The highest BCUT2D eigenvalue weighted by atomic mass is 32.1. The highest BCUT2D eigenvalue weighted by molar-refractivity contribution is 7.71. The summed E-state index contributed by atoms with van der Waals surface area (Å²) in [5.74, 6) is -1.69. The summed E-state index contributed by atoms with van der Waals surface area (Å²) >= 11 is 4.53. The van der Waals surface area contributed by atoms with E-state index in [0.29, 0.717) is 0 Å². The van der Waals surface area contributed by atoms with Gasteiger partial charge in [0.25, 0.3) is 10.7 Å². The second-order valence-corrected chi connectivity index (χ2v) is 2.61. The molecule has 1 aromatic heterocycles. The standard InChI is InChI=1S/C6H6N2O4S/c9-3(1-2-4(10)11)5-7-8-6(13)12-5/h1-2H2,(H,8,13)(H,10,11). The van der Waals surface area contributed by atoms with Gasteiger partial charge in [0.15, 0.2) is 0 Å². The number of rotatable bonds is 4. The Kier molecular flexibility index (Phi) is 2.91. The van der Waals surface area contributed by atoms with Crippen LogP contribution in [-0.2, 0) is 4.79 Å². The number of ketones is 1. The van der Waals surface area contributed by atoms with Gasteiger partial charge in [-0.25, -0.2) is 5.10 Å². The van der Waals surface area contributed by atoms with E-state index in [2.05, 4.69) is 26.8 Å². The number of aromatic amines is 1. The van der Waals surface area contributed by atoms with E-state index in [1.807, 2.05) is 0 Å². The Morgan fingerprint density at radius 2 is 2.23 bits per heavy atom. The van der Waals surface area contributed by atoms with Crippen LogP contribution in [0, 0.1) is 4.84 Å². The summed E-state index contributed by atoms with van der Waals surface area (Å²) in [7, 11) is 0. The van der Waals surface area contributed by atoms with Gasteiger partial charge in [-0.1, -0.05) is 0 Å². The van der Waals surface area contributed by atoms with Crippen molar-refractivity contribution in [2.75, 3.05) is 0 Å². The van der Waals surface area contributed by atoms with E-state index in [9.17, 15) is 9.59 Å². The summed E-state index contributed by atoms with van der Waals surface area (Å²) in [5, 5.41) is 14.0. The van der Waals surface area contributed by atoms with Crippen LogP contribution in [0.5, 0.6) is 0 Å². The van der Waals surface area contributed by atoms with Crippen LogP contribution in [0.3, 0.4) is 0 Å². The summed E-state index contributed by atoms with van der Waals surface area (Å²) in [5.41, 5.74) is 0. The predicted molar refractivity (Wildman–Crippen MR) is 42.9 cm³/mol. The number of nitrogens with one attached hydrogen (secondary N) is 1. The number of carbonyl (C=O) groups excluding carboxylic acids is 1. The van der Waals surface area contributed by atoms with Crippen molar-refractivity contribution < 1.29 is 19.1 Å². The zero-order chi connectivity index (χ0) is 9.84. The molecular formula is C6H6N2O4S. The maximum Gasteiger partial charge on any atom is 0.303 e. The Hall–Kier alpha value is -1.50. The maximum atomic E-state index is 11.1. The number of carbonyl (C=O) groups is 2. The Balaban J connectivity index is 2.59. The molecule has 1 heterocycles. The first-order valence-electron chi connectivity index (χ1n) is 3.40. The Labute approximate surface area is 77.6 Å². The molecule has 0 fully saturated rings. The second kappa shape index (κ2) is 3.94. The maximum absolute atomic E-state index is 11.1. The van der Waals surface area contributed by atoms with E-state index in [-0.39, 0.29) is 23.6 Å². The van der Waals surface area contributed by atoms with Gasteiger partial charge in [0, 0.05) is 6.42 Å². The molecule has 0 aliphatic carbocycles. The largest absolute Gasteiger partial charge is 0.481 e. The molecule has 0 saturated carbocycles. The lowest BCUT2D eigenvalue weighted by Crippen LogP contribution is -2.04. The number of aromatic nitrogens is 2. The molecule has 0 amide bonds. The van der Waals surface area contributed by atoms with Crippen molar-refractivity contribution in [3.63, 3.8) is 0 Å². The smallest absolute Gasteiger partial charge is 0.303 e. The van der Waals surface area contributed by atoms with Crippen molar-refractivity contribution in [1.29, 1.82) is 0 Å². The van der Waals surface area contributed by atoms with Crippen LogP contribution >= 0.6 is 12.2 Å². The lowest BCUT2D eigenvalue weighted by Gasteiger charge is -1.90. The van der Waals surface area contributed by atoms with Gasteiger partial charge >= 0.3 is 5.97 Å². The predicted octanol–water partition coefficient (Wildman–Crippen LogP) is 0.780. The van der Waals surface area contributed by atoms with Crippen molar-refractivity contribution in [2.45, 2.75) is 12.8 Å². The summed E-state index contributed by atoms with van der Waals surface area (Å²) < 4.78 is 4.68. The monoisotopic (exact) mass is 202 g/mol. The van der Waals surface area contributed by atoms with Gasteiger partial charge in [-0.3, -0.25) is 9.59 Å². The molecule has 0 unspecified atom stereocenters. The van der Waals surface area contributed by atoms with E-state index in [4.69, 9.17) is 5.11 Å². The molecule has 0 aromatic carbocycles. The molecule has 0 spiro atoms. The van der Waals surface area contributed by atoms with Crippen molar-refractivity contribution in [3.8, 4) is 0 Å². The van der Waals surface area contributed by atoms with Crippen molar-refractivity contribution in [3.05, 3.63) is 10.7 Å². The van der Waals surface area contributed by atoms with Gasteiger partial charge < -0.3 is 9.52 Å². The molecule has 0 bridgehead atoms. The van der Waals surface area contributed by atoms with Gasteiger partial charge in [0.2, 0.25) is 5.78 Å². The summed E-state index contributed by atoms with van der Waals surface area (Å²) in [6.45, 7) is 0. The molecule has 0 saturated heterocycles. The third-order valence-electron chi connectivity index (χ3n) is 1.24. The van der Waals surface area contributed by atoms with Gasteiger partial charge in [0.05, 0.1) is 6.42 Å². The van der Waals surface area contributed by atoms with Gasteiger partial charge in [-0.05, 0) is 12.2 Å². The van der Waals surface area contributed by atoms with Crippen molar-refractivity contribution in [2.24, 2.45) is 0 Å². The van der Waals surface area contributed by atoms with Gasteiger partial charge in [0.1, 0.15) is 0 Å². The van der Waals surface area contributed by atoms with Crippen LogP contribution in [0.4, 0.5) is 0 Å². The Morgan fingerprint density at radius 3 is 2.69 bits per heavy atom. The lowest BCUT2D eigenvalue weighted by atomic mass is 10.2.